The van der Waals surface area contributed by atoms with E-state index in [1.165, 1.54) is 11.0 Å². The minimum absolute atomic E-state index is 0.0322. The minimum Gasteiger partial charge on any atom is -0.334 e. The van der Waals surface area contributed by atoms with Crippen molar-refractivity contribution in [1.29, 1.82) is 0 Å². The van der Waals surface area contributed by atoms with Gasteiger partial charge >= 0.3 is 0 Å². The maximum Gasteiger partial charge on any atom is 0.246 e. The molecule has 0 saturated carbocycles. The third-order valence-corrected chi connectivity index (χ3v) is 4.01. The van der Waals surface area contributed by atoms with Gasteiger partial charge in [0.15, 0.2) is 0 Å². The molecule has 0 spiro atoms. The van der Waals surface area contributed by atoms with Gasteiger partial charge in [-0.3, -0.25) is 14.7 Å². The lowest BCUT2D eigenvalue weighted by Crippen LogP contribution is -2.40. The van der Waals surface area contributed by atoms with Gasteiger partial charge in [-0.15, -0.1) is 0 Å². The molecule has 6 heteroatoms. The lowest BCUT2D eigenvalue weighted by Gasteiger charge is -2.27. The van der Waals surface area contributed by atoms with E-state index in [2.05, 4.69) is 16.8 Å². The van der Waals surface area contributed by atoms with Gasteiger partial charge in [-0.2, -0.15) is 5.10 Å². The van der Waals surface area contributed by atoms with Crippen LogP contribution in [0.2, 0.25) is 0 Å². The van der Waals surface area contributed by atoms with Crippen LogP contribution in [0.5, 0.6) is 0 Å². The number of carbonyl (C=O) groups excluding carboxylic acids is 2. The van der Waals surface area contributed by atoms with Gasteiger partial charge in [-0.1, -0.05) is 6.58 Å². The Hall–Kier alpha value is -2.11. The summed E-state index contributed by atoms with van der Waals surface area (Å²) in [5.41, 5.74) is 3.05. The number of aromatic amines is 1. The van der Waals surface area contributed by atoms with Crippen molar-refractivity contribution in [1.82, 2.24) is 20.0 Å². The smallest absolute Gasteiger partial charge is 0.246 e. The Morgan fingerprint density at radius 3 is 2.81 bits per heavy atom. The van der Waals surface area contributed by atoms with Crippen molar-refractivity contribution in [2.75, 3.05) is 20.1 Å². The number of likely N-dealkylation sites (tertiary alicyclic amines) is 1. The Bertz CT molecular complexity index is 545. The van der Waals surface area contributed by atoms with Gasteiger partial charge < -0.3 is 9.80 Å². The van der Waals surface area contributed by atoms with E-state index in [0.717, 1.165) is 36.3 Å². The quantitative estimate of drug-likeness (QED) is 0.851. The molecule has 1 aromatic rings. The largest absolute Gasteiger partial charge is 0.334 e. The molecule has 1 atom stereocenters. The fourth-order valence-corrected chi connectivity index (χ4v) is 2.94. The van der Waals surface area contributed by atoms with Gasteiger partial charge in [0, 0.05) is 24.8 Å². The summed E-state index contributed by atoms with van der Waals surface area (Å²) in [7, 11) is 1.61. The number of H-pyrrole nitrogens is 1. The summed E-state index contributed by atoms with van der Waals surface area (Å²) >= 11 is 0. The molecular formula is C15H22N4O2. The summed E-state index contributed by atoms with van der Waals surface area (Å²) in [5, 5.41) is 7.19. The van der Waals surface area contributed by atoms with Crippen LogP contribution in [0.4, 0.5) is 0 Å². The number of nitrogens with one attached hydrogen (secondary N) is 1. The summed E-state index contributed by atoms with van der Waals surface area (Å²) in [6, 6.07) is 0.0588. The molecule has 0 bridgehead atoms. The van der Waals surface area contributed by atoms with Gasteiger partial charge in [0.05, 0.1) is 18.3 Å². The van der Waals surface area contributed by atoms with E-state index in [-0.39, 0.29) is 24.4 Å². The Morgan fingerprint density at radius 1 is 1.52 bits per heavy atom. The Morgan fingerprint density at radius 2 is 2.24 bits per heavy atom. The molecule has 1 N–H and O–H groups in total. The highest BCUT2D eigenvalue weighted by Gasteiger charge is 2.33. The lowest BCUT2D eigenvalue weighted by molar-refractivity contribution is -0.137. The fourth-order valence-electron chi connectivity index (χ4n) is 2.94. The van der Waals surface area contributed by atoms with Gasteiger partial charge in [0.25, 0.3) is 0 Å². The van der Waals surface area contributed by atoms with Gasteiger partial charge in [0.2, 0.25) is 11.8 Å². The second-order valence-corrected chi connectivity index (χ2v) is 5.49. The van der Waals surface area contributed by atoms with E-state index in [4.69, 9.17) is 0 Å². The number of likely N-dealkylation sites (N-methyl/N-ethyl adjacent to an activating group) is 1. The first-order valence-corrected chi connectivity index (χ1v) is 7.14. The van der Waals surface area contributed by atoms with Crippen molar-refractivity contribution >= 4 is 11.8 Å². The van der Waals surface area contributed by atoms with Crippen LogP contribution in [0.15, 0.2) is 12.7 Å². The third kappa shape index (κ3) is 2.99. The molecule has 0 radical (unpaired) electrons. The molecule has 6 nitrogen and oxygen atoms in total. The predicted molar refractivity (Wildman–Crippen MR) is 79.6 cm³/mol. The van der Waals surface area contributed by atoms with E-state index in [1.54, 1.807) is 7.05 Å². The molecule has 0 aromatic carbocycles. The number of hydrogen-bond acceptors (Lipinski definition) is 3. The zero-order valence-corrected chi connectivity index (χ0v) is 12.8. The highest BCUT2D eigenvalue weighted by atomic mass is 16.2. The summed E-state index contributed by atoms with van der Waals surface area (Å²) in [5.74, 6) is -0.273. The van der Waals surface area contributed by atoms with Crippen molar-refractivity contribution in [3.8, 4) is 0 Å². The minimum atomic E-state index is -0.241. The Labute approximate surface area is 124 Å². The fraction of sp³-hybridized carbons (Fsp3) is 0.533. The summed E-state index contributed by atoms with van der Waals surface area (Å²) in [4.78, 5) is 27.2. The normalized spacial score (nSPS) is 17.9. The van der Waals surface area contributed by atoms with Crippen LogP contribution in [0.25, 0.3) is 0 Å². The van der Waals surface area contributed by atoms with E-state index < -0.39 is 0 Å². The zero-order valence-electron chi connectivity index (χ0n) is 12.8. The molecule has 1 unspecified atom stereocenters. The topological polar surface area (TPSA) is 69.3 Å². The van der Waals surface area contributed by atoms with Crippen LogP contribution in [0, 0.1) is 13.8 Å². The molecule has 1 saturated heterocycles. The number of rotatable bonds is 4. The maximum atomic E-state index is 12.5. The highest BCUT2D eigenvalue weighted by Crippen LogP contribution is 2.34. The van der Waals surface area contributed by atoms with E-state index in [0.29, 0.717) is 0 Å². The molecule has 1 aromatic heterocycles. The predicted octanol–water partition coefficient (Wildman–Crippen LogP) is 1.33. The first-order valence-electron chi connectivity index (χ1n) is 7.14. The van der Waals surface area contributed by atoms with Crippen molar-refractivity contribution in [2.24, 2.45) is 0 Å². The molecule has 2 rings (SSSR count). The summed E-state index contributed by atoms with van der Waals surface area (Å²) in [6.45, 7) is 8.17. The number of carbonyl (C=O) groups is 2. The first kappa shape index (κ1) is 15.3. The maximum absolute atomic E-state index is 12.5. The van der Waals surface area contributed by atoms with E-state index >= 15 is 0 Å². The molecule has 1 aliphatic heterocycles. The molecular weight excluding hydrogens is 268 g/mol. The van der Waals surface area contributed by atoms with Crippen molar-refractivity contribution in [2.45, 2.75) is 32.7 Å². The van der Waals surface area contributed by atoms with Crippen LogP contribution in [-0.2, 0) is 9.59 Å². The van der Waals surface area contributed by atoms with Crippen LogP contribution in [0.3, 0.4) is 0 Å². The van der Waals surface area contributed by atoms with Crippen molar-refractivity contribution in [3.63, 3.8) is 0 Å². The van der Waals surface area contributed by atoms with Crippen LogP contribution >= 0.6 is 0 Å². The number of aryl methyl sites for hydroxylation is 2. The SMILES string of the molecule is C=CC(=O)N(C)CC(=O)N1CCCC1c1c(C)n[nH]c1C. The van der Waals surface area contributed by atoms with Crippen LogP contribution in [-0.4, -0.2) is 51.9 Å². The van der Waals surface area contributed by atoms with E-state index in [1.807, 2.05) is 18.7 Å². The average molecular weight is 290 g/mol. The summed E-state index contributed by atoms with van der Waals surface area (Å²) < 4.78 is 0. The molecule has 2 amide bonds. The number of hydrogen-bond donors (Lipinski definition) is 1. The second kappa shape index (κ2) is 6.11. The Balaban J connectivity index is 2.14. The van der Waals surface area contributed by atoms with Gasteiger partial charge in [-0.25, -0.2) is 0 Å². The summed E-state index contributed by atoms with van der Waals surface area (Å²) in [6.07, 6.45) is 3.13. The number of amides is 2. The number of aromatic nitrogens is 2. The average Bonchev–Trinajstić information content (AvgIpc) is 3.04. The van der Waals surface area contributed by atoms with E-state index in [9.17, 15) is 9.59 Å². The molecule has 1 fully saturated rings. The molecule has 2 heterocycles. The molecule has 0 aliphatic carbocycles. The van der Waals surface area contributed by atoms with Gasteiger partial charge in [-0.05, 0) is 32.8 Å². The first-order chi connectivity index (χ1) is 9.95. The molecule has 1 aliphatic rings. The lowest BCUT2D eigenvalue weighted by atomic mass is 10.0. The highest BCUT2D eigenvalue weighted by molar-refractivity contribution is 5.90. The molecule has 114 valence electrons. The Kier molecular flexibility index (Phi) is 4.45. The van der Waals surface area contributed by atoms with Crippen LogP contribution < -0.4 is 0 Å². The zero-order chi connectivity index (χ0) is 15.6. The van der Waals surface area contributed by atoms with Crippen molar-refractivity contribution < 1.29 is 9.59 Å². The number of nitrogens with zero attached hydrogens (tertiary/aromatic N) is 3. The van der Waals surface area contributed by atoms with Crippen LogP contribution in [0.1, 0.15) is 35.8 Å². The monoisotopic (exact) mass is 290 g/mol. The third-order valence-electron chi connectivity index (χ3n) is 4.01. The second-order valence-electron chi connectivity index (χ2n) is 5.49. The van der Waals surface area contributed by atoms with Gasteiger partial charge in [0.1, 0.15) is 0 Å². The van der Waals surface area contributed by atoms with Crippen molar-refractivity contribution in [3.05, 3.63) is 29.6 Å². The standard InChI is InChI=1S/C15H22N4O2/c1-5-13(20)18(4)9-14(21)19-8-6-7-12(19)15-10(2)16-17-11(15)3/h5,12H,1,6-9H2,2-4H3,(H,16,17). The molecule has 21 heavy (non-hydrogen) atoms.